The summed E-state index contributed by atoms with van der Waals surface area (Å²) in [6.07, 6.45) is 4.51. The van der Waals surface area contributed by atoms with Crippen LogP contribution < -0.4 is 10.1 Å². The zero-order chi connectivity index (χ0) is 13.7. The predicted octanol–water partition coefficient (Wildman–Crippen LogP) is 1.90. The molecule has 0 fully saturated rings. The zero-order valence-corrected chi connectivity index (χ0v) is 11.2. The standard InChI is InChI=1S/C14H18FN3O/c1-18-8-7-17-14(18)5-6-16-10-11-3-4-12(19-2)9-13(11)15/h3-4,7-9,16H,5-6,10H2,1-2H3. The molecule has 5 heteroatoms. The van der Waals surface area contributed by atoms with E-state index in [1.54, 1.807) is 18.3 Å². The van der Waals surface area contributed by atoms with Crippen molar-refractivity contribution in [1.29, 1.82) is 0 Å². The van der Waals surface area contributed by atoms with Crippen LogP contribution >= 0.6 is 0 Å². The largest absolute Gasteiger partial charge is 0.497 e. The van der Waals surface area contributed by atoms with Crippen molar-refractivity contribution in [2.45, 2.75) is 13.0 Å². The number of methoxy groups -OCH3 is 1. The monoisotopic (exact) mass is 263 g/mol. The number of imidazole rings is 1. The number of aryl methyl sites for hydroxylation is 1. The minimum Gasteiger partial charge on any atom is -0.497 e. The maximum absolute atomic E-state index is 13.7. The molecule has 1 aromatic heterocycles. The van der Waals surface area contributed by atoms with Crippen molar-refractivity contribution in [3.8, 4) is 5.75 Å². The molecule has 2 rings (SSSR count). The summed E-state index contributed by atoms with van der Waals surface area (Å²) < 4.78 is 20.6. The van der Waals surface area contributed by atoms with Gasteiger partial charge in [0.05, 0.1) is 7.11 Å². The fourth-order valence-corrected chi connectivity index (χ4v) is 1.86. The van der Waals surface area contributed by atoms with Gasteiger partial charge in [0, 0.05) is 50.6 Å². The molecule has 0 atom stereocenters. The van der Waals surface area contributed by atoms with Crippen LogP contribution in [0.3, 0.4) is 0 Å². The Morgan fingerprint density at radius 1 is 1.42 bits per heavy atom. The molecule has 102 valence electrons. The molecule has 0 aliphatic carbocycles. The van der Waals surface area contributed by atoms with Crippen molar-refractivity contribution in [3.05, 3.63) is 47.8 Å². The van der Waals surface area contributed by atoms with Gasteiger partial charge in [-0.3, -0.25) is 0 Å². The molecule has 0 unspecified atom stereocenters. The summed E-state index contributed by atoms with van der Waals surface area (Å²) in [5, 5.41) is 3.21. The molecule has 4 nitrogen and oxygen atoms in total. The summed E-state index contributed by atoms with van der Waals surface area (Å²) in [6.45, 7) is 1.26. The van der Waals surface area contributed by atoms with Gasteiger partial charge in [0.2, 0.25) is 0 Å². The fraction of sp³-hybridized carbons (Fsp3) is 0.357. The number of hydrogen-bond donors (Lipinski definition) is 1. The first-order valence-electron chi connectivity index (χ1n) is 6.20. The molecule has 1 heterocycles. The number of nitrogens with zero attached hydrogens (tertiary/aromatic N) is 2. The zero-order valence-electron chi connectivity index (χ0n) is 11.2. The Kier molecular flexibility index (Phi) is 4.52. The van der Waals surface area contributed by atoms with Gasteiger partial charge in [-0.1, -0.05) is 6.07 Å². The van der Waals surface area contributed by atoms with E-state index in [9.17, 15) is 4.39 Å². The minimum atomic E-state index is -0.246. The van der Waals surface area contributed by atoms with Crippen molar-refractivity contribution in [3.63, 3.8) is 0 Å². The number of halogens is 1. The topological polar surface area (TPSA) is 39.1 Å². The Balaban J connectivity index is 1.81. The van der Waals surface area contributed by atoms with E-state index < -0.39 is 0 Å². The summed E-state index contributed by atoms with van der Waals surface area (Å²) in [5.41, 5.74) is 0.639. The van der Waals surface area contributed by atoms with Crippen LogP contribution in [0.2, 0.25) is 0 Å². The van der Waals surface area contributed by atoms with Gasteiger partial charge in [0.15, 0.2) is 0 Å². The number of ether oxygens (including phenoxy) is 1. The molecule has 0 saturated carbocycles. The summed E-state index contributed by atoms with van der Waals surface area (Å²) in [7, 11) is 3.49. The average Bonchev–Trinajstić information content (AvgIpc) is 2.81. The number of hydrogen-bond acceptors (Lipinski definition) is 3. The Hall–Kier alpha value is -1.88. The lowest BCUT2D eigenvalue weighted by Gasteiger charge is -2.07. The lowest BCUT2D eigenvalue weighted by Crippen LogP contribution is -2.18. The predicted molar refractivity (Wildman–Crippen MR) is 71.6 cm³/mol. The van der Waals surface area contributed by atoms with Gasteiger partial charge >= 0.3 is 0 Å². The molecule has 0 amide bonds. The van der Waals surface area contributed by atoms with Crippen molar-refractivity contribution in [2.75, 3.05) is 13.7 Å². The van der Waals surface area contributed by atoms with Crippen LogP contribution in [0.4, 0.5) is 4.39 Å². The van der Waals surface area contributed by atoms with Crippen molar-refractivity contribution >= 4 is 0 Å². The molecular formula is C14H18FN3O. The first-order valence-corrected chi connectivity index (χ1v) is 6.20. The Morgan fingerprint density at radius 3 is 2.89 bits per heavy atom. The molecule has 1 N–H and O–H groups in total. The third kappa shape index (κ3) is 3.54. The molecule has 0 bridgehead atoms. The smallest absolute Gasteiger partial charge is 0.131 e. The van der Waals surface area contributed by atoms with Crippen molar-refractivity contribution in [1.82, 2.24) is 14.9 Å². The highest BCUT2D eigenvalue weighted by molar-refractivity contribution is 5.28. The maximum Gasteiger partial charge on any atom is 0.131 e. The van der Waals surface area contributed by atoms with E-state index in [1.165, 1.54) is 13.2 Å². The highest BCUT2D eigenvalue weighted by Gasteiger charge is 2.04. The molecule has 2 aromatic rings. The molecule has 0 radical (unpaired) electrons. The second kappa shape index (κ2) is 6.33. The van der Waals surface area contributed by atoms with Crippen molar-refractivity contribution < 1.29 is 9.13 Å². The van der Waals surface area contributed by atoms with Gasteiger partial charge in [-0.25, -0.2) is 9.37 Å². The molecule has 0 saturated heterocycles. The molecular weight excluding hydrogens is 245 g/mol. The van der Waals surface area contributed by atoms with E-state index in [0.29, 0.717) is 17.9 Å². The quantitative estimate of drug-likeness (QED) is 0.809. The summed E-state index contributed by atoms with van der Waals surface area (Å²) in [5.74, 6) is 1.31. The number of benzene rings is 1. The molecule has 1 aromatic carbocycles. The van der Waals surface area contributed by atoms with E-state index in [4.69, 9.17) is 4.74 Å². The highest BCUT2D eigenvalue weighted by Crippen LogP contribution is 2.15. The Bertz CT molecular complexity index is 539. The van der Waals surface area contributed by atoms with Crippen molar-refractivity contribution in [2.24, 2.45) is 7.05 Å². The SMILES string of the molecule is COc1ccc(CNCCc2nccn2C)c(F)c1. The van der Waals surface area contributed by atoms with Crippen LogP contribution in [0.5, 0.6) is 5.75 Å². The van der Waals surface area contributed by atoms with Gasteiger partial charge in [0.25, 0.3) is 0 Å². The molecule has 0 spiro atoms. The first kappa shape index (κ1) is 13.5. The number of nitrogens with one attached hydrogen (secondary N) is 1. The van der Waals surface area contributed by atoms with Crippen LogP contribution in [0.15, 0.2) is 30.6 Å². The summed E-state index contributed by atoms with van der Waals surface area (Å²) in [4.78, 5) is 4.23. The number of rotatable bonds is 6. The normalized spacial score (nSPS) is 10.7. The molecule has 0 aliphatic heterocycles. The summed E-state index contributed by atoms with van der Waals surface area (Å²) in [6, 6.07) is 4.90. The average molecular weight is 263 g/mol. The van der Waals surface area contributed by atoms with E-state index in [1.807, 2.05) is 17.8 Å². The van der Waals surface area contributed by atoms with Gasteiger partial charge < -0.3 is 14.6 Å². The lowest BCUT2D eigenvalue weighted by atomic mass is 10.2. The van der Waals surface area contributed by atoms with Crippen LogP contribution in [0.25, 0.3) is 0 Å². The van der Waals surface area contributed by atoms with Gasteiger partial charge in [-0.2, -0.15) is 0 Å². The Morgan fingerprint density at radius 2 is 2.26 bits per heavy atom. The van der Waals surface area contributed by atoms with E-state index in [-0.39, 0.29) is 5.82 Å². The van der Waals surface area contributed by atoms with E-state index in [0.717, 1.165) is 18.8 Å². The van der Waals surface area contributed by atoms with Gasteiger partial charge in [-0.15, -0.1) is 0 Å². The summed E-state index contributed by atoms with van der Waals surface area (Å²) >= 11 is 0. The second-order valence-corrected chi connectivity index (χ2v) is 4.34. The third-order valence-corrected chi connectivity index (χ3v) is 3.02. The second-order valence-electron chi connectivity index (χ2n) is 4.34. The first-order chi connectivity index (χ1) is 9.20. The van der Waals surface area contributed by atoms with E-state index >= 15 is 0 Å². The molecule has 19 heavy (non-hydrogen) atoms. The third-order valence-electron chi connectivity index (χ3n) is 3.02. The van der Waals surface area contributed by atoms with Gasteiger partial charge in [-0.05, 0) is 6.07 Å². The van der Waals surface area contributed by atoms with Crippen LogP contribution in [-0.2, 0) is 20.0 Å². The lowest BCUT2D eigenvalue weighted by molar-refractivity contribution is 0.410. The van der Waals surface area contributed by atoms with Gasteiger partial charge in [0.1, 0.15) is 17.4 Å². The van der Waals surface area contributed by atoms with E-state index in [2.05, 4.69) is 10.3 Å². The van der Waals surface area contributed by atoms with Crippen LogP contribution in [-0.4, -0.2) is 23.2 Å². The fourth-order valence-electron chi connectivity index (χ4n) is 1.86. The number of aromatic nitrogens is 2. The molecule has 0 aliphatic rings. The Labute approximate surface area is 112 Å². The highest BCUT2D eigenvalue weighted by atomic mass is 19.1. The maximum atomic E-state index is 13.7. The van der Waals surface area contributed by atoms with Crippen LogP contribution in [0, 0.1) is 5.82 Å². The van der Waals surface area contributed by atoms with Crippen LogP contribution in [0.1, 0.15) is 11.4 Å². The minimum absolute atomic E-state index is 0.246.